The molecule has 0 saturated carbocycles. The molecule has 27 heavy (non-hydrogen) atoms. The maximum absolute atomic E-state index is 12.6. The van der Waals surface area contributed by atoms with Crippen LogP contribution in [-0.4, -0.2) is 52.3 Å². The molecule has 0 spiro atoms. The molecular weight excluding hydrogens is 350 g/mol. The fraction of sp³-hybridized carbons (Fsp3) is 0.278. The highest BCUT2D eigenvalue weighted by Crippen LogP contribution is 2.19. The lowest BCUT2D eigenvalue weighted by Crippen LogP contribution is -2.37. The van der Waals surface area contributed by atoms with Crippen LogP contribution in [0.15, 0.2) is 47.4 Å². The highest BCUT2D eigenvalue weighted by Gasteiger charge is 2.21. The van der Waals surface area contributed by atoms with Crippen molar-refractivity contribution in [2.75, 3.05) is 31.2 Å². The number of carbonyl (C=O) groups excluding carboxylic acids is 1. The first kappa shape index (κ1) is 17.1. The van der Waals surface area contributed by atoms with Crippen molar-refractivity contribution in [3.63, 3.8) is 0 Å². The summed E-state index contributed by atoms with van der Waals surface area (Å²) >= 11 is 0. The van der Waals surface area contributed by atoms with Gasteiger partial charge in [-0.2, -0.15) is 4.68 Å². The standard InChI is InChI=1S/C18H17N5O4/c24-17-13-4-1-2-6-15(13)20-21-23(17)12-27-18(25)14-5-3-7-19-16(14)22-8-10-26-11-9-22/h1-7H,8-12H2. The fourth-order valence-corrected chi connectivity index (χ4v) is 2.89. The van der Waals surface area contributed by atoms with E-state index in [0.29, 0.717) is 48.6 Å². The zero-order chi connectivity index (χ0) is 18.6. The number of esters is 1. The van der Waals surface area contributed by atoms with Gasteiger partial charge in [0.05, 0.1) is 18.6 Å². The average Bonchev–Trinajstić information content (AvgIpc) is 2.74. The van der Waals surface area contributed by atoms with E-state index in [4.69, 9.17) is 9.47 Å². The highest BCUT2D eigenvalue weighted by molar-refractivity contribution is 5.94. The zero-order valence-corrected chi connectivity index (χ0v) is 14.4. The van der Waals surface area contributed by atoms with Crippen molar-refractivity contribution in [1.29, 1.82) is 0 Å². The van der Waals surface area contributed by atoms with Gasteiger partial charge in [0, 0.05) is 19.3 Å². The Morgan fingerprint density at radius 3 is 2.81 bits per heavy atom. The lowest BCUT2D eigenvalue weighted by Gasteiger charge is -2.28. The Hall–Kier alpha value is -3.33. The van der Waals surface area contributed by atoms with Gasteiger partial charge >= 0.3 is 5.97 Å². The summed E-state index contributed by atoms with van der Waals surface area (Å²) in [5, 5.41) is 8.21. The molecule has 0 radical (unpaired) electrons. The Bertz CT molecular complexity index is 1030. The molecule has 0 aliphatic carbocycles. The quantitative estimate of drug-likeness (QED) is 0.626. The van der Waals surface area contributed by atoms with E-state index in [1.165, 1.54) is 0 Å². The number of morpholine rings is 1. The minimum Gasteiger partial charge on any atom is -0.438 e. The number of hydrogen-bond acceptors (Lipinski definition) is 8. The Morgan fingerprint density at radius 1 is 1.15 bits per heavy atom. The third-order valence-electron chi connectivity index (χ3n) is 4.26. The van der Waals surface area contributed by atoms with Crippen molar-refractivity contribution in [2.24, 2.45) is 0 Å². The fourth-order valence-electron chi connectivity index (χ4n) is 2.89. The number of rotatable bonds is 4. The molecule has 0 bridgehead atoms. The second-order valence-corrected chi connectivity index (χ2v) is 5.95. The van der Waals surface area contributed by atoms with Crippen molar-refractivity contribution < 1.29 is 14.3 Å². The Balaban J connectivity index is 1.54. The number of anilines is 1. The maximum Gasteiger partial charge on any atom is 0.343 e. The van der Waals surface area contributed by atoms with Gasteiger partial charge in [0.2, 0.25) is 0 Å². The van der Waals surface area contributed by atoms with Crippen molar-refractivity contribution in [3.05, 3.63) is 58.5 Å². The summed E-state index contributed by atoms with van der Waals surface area (Å²) in [5.41, 5.74) is 0.459. The van der Waals surface area contributed by atoms with Crippen LogP contribution in [0.3, 0.4) is 0 Å². The summed E-state index contributed by atoms with van der Waals surface area (Å²) < 4.78 is 11.7. The van der Waals surface area contributed by atoms with Gasteiger partial charge in [0.1, 0.15) is 16.9 Å². The van der Waals surface area contributed by atoms with Crippen LogP contribution in [0, 0.1) is 0 Å². The number of benzene rings is 1. The lowest BCUT2D eigenvalue weighted by atomic mass is 10.2. The number of pyridine rings is 1. The van der Waals surface area contributed by atoms with E-state index in [1.807, 2.05) is 4.90 Å². The van der Waals surface area contributed by atoms with E-state index in [1.54, 1.807) is 42.6 Å². The van der Waals surface area contributed by atoms with Crippen LogP contribution in [0.1, 0.15) is 10.4 Å². The second kappa shape index (κ2) is 7.50. The number of aromatic nitrogens is 4. The van der Waals surface area contributed by atoms with Crippen LogP contribution in [0.4, 0.5) is 5.82 Å². The predicted octanol–water partition coefficient (Wildman–Crippen LogP) is 0.838. The molecule has 0 unspecified atom stereocenters. The molecule has 1 fully saturated rings. The van der Waals surface area contributed by atoms with E-state index in [9.17, 15) is 9.59 Å². The van der Waals surface area contributed by atoms with Crippen molar-refractivity contribution in [3.8, 4) is 0 Å². The monoisotopic (exact) mass is 367 g/mol. The first-order chi connectivity index (χ1) is 13.2. The highest BCUT2D eigenvalue weighted by atomic mass is 16.5. The van der Waals surface area contributed by atoms with E-state index < -0.39 is 5.97 Å². The lowest BCUT2D eigenvalue weighted by molar-refractivity contribution is 0.0335. The van der Waals surface area contributed by atoms with Gasteiger partial charge in [-0.15, -0.1) is 5.10 Å². The van der Waals surface area contributed by atoms with Gasteiger partial charge in [-0.1, -0.05) is 17.3 Å². The van der Waals surface area contributed by atoms with Gasteiger partial charge < -0.3 is 14.4 Å². The van der Waals surface area contributed by atoms with Gasteiger partial charge in [-0.05, 0) is 24.3 Å². The third-order valence-corrected chi connectivity index (χ3v) is 4.26. The summed E-state index contributed by atoms with van der Waals surface area (Å²) in [6, 6.07) is 10.2. The number of ether oxygens (including phenoxy) is 2. The van der Waals surface area contributed by atoms with Gasteiger partial charge in [0.25, 0.3) is 5.56 Å². The van der Waals surface area contributed by atoms with Crippen LogP contribution in [0.5, 0.6) is 0 Å². The van der Waals surface area contributed by atoms with Crippen molar-refractivity contribution in [2.45, 2.75) is 6.73 Å². The third kappa shape index (κ3) is 3.49. The molecule has 3 heterocycles. The Kier molecular flexibility index (Phi) is 4.75. The van der Waals surface area contributed by atoms with Crippen LogP contribution in [0.25, 0.3) is 10.9 Å². The Labute approximate surface area is 154 Å². The normalized spacial score (nSPS) is 14.3. The molecule has 1 aliphatic rings. The summed E-state index contributed by atoms with van der Waals surface area (Å²) in [6.45, 7) is 2.12. The van der Waals surface area contributed by atoms with E-state index in [0.717, 1.165) is 4.68 Å². The van der Waals surface area contributed by atoms with Crippen LogP contribution >= 0.6 is 0 Å². The first-order valence-corrected chi connectivity index (χ1v) is 8.51. The molecule has 1 aromatic carbocycles. The molecule has 1 saturated heterocycles. The molecule has 0 atom stereocenters. The van der Waals surface area contributed by atoms with Crippen LogP contribution in [-0.2, 0) is 16.2 Å². The molecule has 3 aromatic rings. The van der Waals surface area contributed by atoms with Gasteiger partial charge in [-0.25, -0.2) is 9.78 Å². The molecule has 0 amide bonds. The smallest absolute Gasteiger partial charge is 0.343 e. The van der Waals surface area contributed by atoms with Crippen molar-refractivity contribution in [1.82, 2.24) is 20.0 Å². The van der Waals surface area contributed by atoms with E-state index in [2.05, 4.69) is 15.3 Å². The largest absolute Gasteiger partial charge is 0.438 e. The topological polar surface area (TPSA) is 99.4 Å². The zero-order valence-electron chi connectivity index (χ0n) is 14.4. The minimum atomic E-state index is -0.577. The molecule has 4 rings (SSSR count). The van der Waals surface area contributed by atoms with E-state index >= 15 is 0 Å². The molecule has 9 heteroatoms. The summed E-state index contributed by atoms with van der Waals surface area (Å²) in [5.74, 6) is -0.0332. The van der Waals surface area contributed by atoms with E-state index in [-0.39, 0.29) is 12.3 Å². The van der Waals surface area contributed by atoms with Gasteiger partial charge in [-0.3, -0.25) is 4.79 Å². The summed E-state index contributed by atoms with van der Waals surface area (Å²) in [7, 11) is 0. The molecular formula is C18H17N5O4. The SMILES string of the molecule is O=C(OCn1nnc2ccccc2c1=O)c1cccnc1N1CCOCC1. The molecule has 2 aromatic heterocycles. The molecule has 9 nitrogen and oxygen atoms in total. The number of nitrogens with zero attached hydrogens (tertiary/aromatic N) is 5. The summed E-state index contributed by atoms with van der Waals surface area (Å²) in [6.07, 6.45) is 1.63. The predicted molar refractivity (Wildman–Crippen MR) is 96.5 cm³/mol. The number of hydrogen-bond donors (Lipinski definition) is 0. The number of fused-ring (bicyclic) bond motifs is 1. The first-order valence-electron chi connectivity index (χ1n) is 8.51. The maximum atomic E-state index is 12.6. The summed E-state index contributed by atoms with van der Waals surface area (Å²) in [4.78, 5) is 31.3. The van der Waals surface area contributed by atoms with Gasteiger partial charge in [0.15, 0.2) is 6.73 Å². The second-order valence-electron chi connectivity index (χ2n) is 5.95. The average molecular weight is 367 g/mol. The van der Waals surface area contributed by atoms with Crippen molar-refractivity contribution >= 4 is 22.7 Å². The Morgan fingerprint density at radius 2 is 1.96 bits per heavy atom. The molecule has 0 N–H and O–H groups in total. The molecule has 1 aliphatic heterocycles. The van der Waals surface area contributed by atoms with Crippen LogP contribution < -0.4 is 10.5 Å². The minimum absolute atomic E-state index is 0.326. The van der Waals surface area contributed by atoms with Crippen LogP contribution in [0.2, 0.25) is 0 Å². The molecule has 138 valence electrons. The number of carbonyl (C=O) groups is 1.